The number of H-pyrrole nitrogens is 1. The Morgan fingerprint density at radius 2 is 2.10 bits per heavy atom. The number of hydrogen-bond acceptors (Lipinski definition) is 5. The van der Waals surface area contributed by atoms with Gasteiger partial charge in [0, 0.05) is 17.8 Å². The van der Waals surface area contributed by atoms with Crippen molar-refractivity contribution in [2.45, 2.75) is 43.4 Å². The van der Waals surface area contributed by atoms with Crippen LogP contribution in [0.15, 0.2) is 49.0 Å². The number of aromatic nitrogens is 3. The van der Waals surface area contributed by atoms with E-state index in [0.717, 1.165) is 12.3 Å². The Morgan fingerprint density at radius 3 is 2.77 bits per heavy atom. The van der Waals surface area contributed by atoms with Crippen molar-refractivity contribution in [1.82, 2.24) is 19.9 Å². The molecule has 4 rings (SSSR count). The maximum absolute atomic E-state index is 12.9. The van der Waals surface area contributed by atoms with Crippen LogP contribution in [0.3, 0.4) is 0 Å². The molecule has 3 N–H and O–H groups in total. The number of hydrogen-bond donors (Lipinski definition) is 2. The quantitative estimate of drug-likeness (QED) is 0.698. The lowest BCUT2D eigenvalue weighted by molar-refractivity contribution is -0.137. The fraction of sp³-hybridized carbons (Fsp3) is 0.381. The predicted octanol–water partition coefficient (Wildman–Crippen LogP) is 4.37. The van der Waals surface area contributed by atoms with E-state index in [1.54, 1.807) is 18.2 Å². The highest BCUT2D eigenvalue weighted by Gasteiger charge is 2.48. The molecule has 31 heavy (non-hydrogen) atoms. The largest absolute Gasteiger partial charge is 0.441 e. The standard InChI is InChI=1S/C21H22F3N5O2/c1-13(4-2-3-9-25)29-12-20(31-19(29)30)7-5-14(6-8-20)17-27-16-10-15(21(22,23)24)11-26-18(16)28-17/h2-4,9-11,14H,1,5-8,12,25H2,(H,26,27,28)/b4-2-,9-3-. The summed E-state index contributed by atoms with van der Waals surface area (Å²) in [6.07, 6.45) is 4.92. The lowest BCUT2D eigenvalue weighted by Gasteiger charge is -2.34. The van der Waals surface area contributed by atoms with Crippen LogP contribution in [0.25, 0.3) is 11.2 Å². The van der Waals surface area contributed by atoms with Crippen LogP contribution in [0.1, 0.15) is 43.0 Å². The van der Waals surface area contributed by atoms with Gasteiger partial charge in [-0.05, 0) is 50.1 Å². The number of amides is 1. The second-order valence-corrected chi connectivity index (χ2v) is 7.86. The predicted molar refractivity (Wildman–Crippen MR) is 108 cm³/mol. The highest BCUT2D eigenvalue weighted by atomic mass is 19.4. The molecule has 10 heteroatoms. The van der Waals surface area contributed by atoms with Gasteiger partial charge < -0.3 is 15.5 Å². The molecule has 1 amide bonds. The molecule has 1 aliphatic carbocycles. The lowest BCUT2D eigenvalue weighted by atomic mass is 9.78. The smallest absolute Gasteiger partial charge is 0.417 e. The Labute approximate surface area is 176 Å². The number of carbonyl (C=O) groups excluding carboxylic acids is 1. The number of nitrogens with two attached hydrogens (primary N) is 1. The molecule has 7 nitrogen and oxygen atoms in total. The minimum absolute atomic E-state index is 0.0275. The SMILES string of the molecule is C=C(/C=C\C=C/N)N1CC2(CCC(c3nc4cc(C(F)(F)F)cnc4[nH]3)CC2)OC1=O. The van der Waals surface area contributed by atoms with E-state index >= 15 is 0 Å². The summed E-state index contributed by atoms with van der Waals surface area (Å²) in [4.78, 5) is 25.1. The summed E-state index contributed by atoms with van der Waals surface area (Å²) in [5, 5.41) is 0. The van der Waals surface area contributed by atoms with Crippen LogP contribution < -0.4 is 5.73 Å². The van der Waals surface area contributed by atoms with E-state index in [-0.39, 0.29) is 11.4 Å². The molecule has 2 aromatic rings. The average Bonchev–Trinajstić information content (AvgIpc) is 3.28. The molecule has 164 valence electrons. The van der Waals surface area contributed by atoms with E-state index in [1.165, 1.54) is 11.1 Å². The molecule has 1 saturated heterocycles. The van der Waals surface area contributed by atoms with Crippen LogP contribution >= 0.6 is 0 Å². The summed E-state index contributed by atoms with van der Waals surface area (Å²) in [7, 11) is 0. The fourth-order valence-corrected chi connectivity index (χ4v) is 4.10. The van der Waals surface area contributed by atoms with Crippen LogP contribution in [0.5, 0.6) is 0 Å². The molecule has 1 spiro atoms. The average molecular weight is 433 g/mol. The zero-order chi connectivity index (χ0) is 22.2. The molecule has 0 radical (unpaired) electrons. The molecular formula is C21H22F3N5O2. The highest BCUT2D eigenvalue weighted by molar-refractivity contribution is 5.74. The van der Waals surface area contributed by atoms with Gasteiger partial charge in [0.15, 0.2) is 5.65 Å². The molecule has 0 atom stereocenters. The minimum Gasteiger partial charge on any atom is -0.441 e. The Balaban J connectivity index is 1.44. The number of allylic oxidation sites excluding steroid dienone is 3. The van der Waals surface area contributed by atoms with Crippen molar-refractivity contribution in [1.29, 1.82) is 0 Å². The maximum atomic E-state index is 12.9. The van der Waals surface area contributed by atoms with Gasteiger partial charge in [-0.25, -0.2) is 14.8 Å². The Hall–Kier alpha value is -3.30. The number of rotatable bonds is 4. The van der Waals surface area contributed by atoms with Crippen LogP contribution in [-0.4, -0.2) is 38.1 Å². The van der Waals surface area contributed by atoms with Crippen LogP contribution in [-0.2, 0) is 10.9 Å². The zero-order valence-electron chi connectivity index (χ0n) is 16.7. The molecule has 2 aliphatic rings. The Bertz CT molecular complexity index is 1060. The first-order valence-corrected chi connectivity index (χ1v) is 9.88. The summed E-state index contributed by atoms with van der Waals surface area (Å²) in [5.74, 6) is 0.637. The summed E-state index contributed by atoms with van der Waals surface area (Å²) in [6, 6.07) is 1.00. The Morgan fingerprint density at radius 1 is 1.35 bits per heavy atom. The third-order valence-corrected chi connectivity index (χ3v) is 5.79. The topological polar surface area (TPSA) is 97.1 Å². The molecule has 0 unspecified atom stereocenters. The third-order valence-electron chi connectivity index (χ3n) is 5.79. The van der Waals surface area contributed by atoms with E-state index < -0.39 is 23.4 Å². The number of nitrogens with one attached hydrogen (secondary N) is 1. The molecule has 2 aromatic heterocycles. The van der Waals surface area contributed by atoms with Gasteiger partial charge in [0.25, 0.3) is 0 Å². The van der Waals surface area contributed by atoms with Crippen LogP contribution in [0.4, 0.5) is 18.0 Å². The van der Waals surface area contributed by atoms with E-state index in [1.807, 2.05) is 0 Å². The minimum atomic E-state index is -4.46. The van der Waals surface area contributed by atoms with Crippen molar-refractivity contribution in [3.05, 3.63) is 60.4 Å². The van der Waals surface area contributed by atoms with Gasteiger partial charge in [0.1, 0.15) is 16.9 Å². The van der Waals surface area contributed by atoms with Crippen LogP contribution in [0.2, 0.25) is 0 Å². The van der Waals surface area contributed by atoms with Gasteiger partial charge in [-0.1, -0.05) is 12.7 Å². The monoisotopic (exact) mass is 433 g/mol. The van der Waals surface area contributed by atoms with Gasteiger partial charge in [0.05, 0.1) is 12.1 Å². The summed E-state index contributed by atoms with van der Waals surface area (Å²) < 4.78 is 44.4. The van der Waals surface area contributed by atoms with Crippen molar-refractivity contribution >= 4 is 17.3 Å². The molecule has 0 aromatic carbocycles. The van der Waals surface area contributed by atoms with Crippen molar-refractivity contribution in [3.8, 4) is 0 Å². The van der Waals surface area contributed by atoms with E-state index in [2.05, 4.69) is 21.5 Å². The van der Waals surface area contributed by atoms with E-state index in [4.69, 9.17) is 10.5 Å². The van der Waals surface area contributed by atoms with Crippen LogP contribution in [0, 0.1) is 0 Å². The first-order valence-electron chi connectivity index (χ1n) is 9.88. The number of nitrogens with zero attached hydrogens (tertiary/aromatic N) is 3. The molecule has 3 heterocycles. The van der Waals surface area contributed by atoms with Gasteiger partial charge >= 0.3 is 12.3 Å². The second-order valence-electron chi connectivity index (χ2n) is 7.86. The number of imidazole rings is 1. The van der Waals surface area contributed by atoms with Gasteiger partial charge in [-0.2, -0.15) is 13.2 Å². The number of alkyl halides is 3. The number of carbonyl (C=O) groups is 1. The van der Waals surface area contributed by atoms with Crippen molar-refractivity contribution in [2.24, 2.45) is 5.73 Å². The number of halogens is 3. The number of fused-ring (bicyclic) bond motifs is 1. The zero-order valence-corrected chi connectivity index (χ0v) is 16.7. The van der Waals surface area contributed by atoms with E-state index in [9.17, 15) is 18.0 Å². The summed E-state index contributed by atoms with van der Waals surface area (Å²) in [6.45, 7) is 4.32. The normalized spacial score (nSPS) is 24.7. The molecule has 0 bridgehead atoms. The molecule has 1 saturated carbocycles. The highest BCUT2D eigenvalue weighted by Crippen LogP contribution is 2.43. The molecule has 2 fully saturated rings. The second kappa shape index (κ2) is 7.75. The molecular weight excluding hydrogens is 411 g/mol. The Kier molecular flexibility index (Phi) is 5.24. The number of pyridine rings is 1. The number of aromatic amines is 1. The summed E-state index contributed by atoms with van der Waals surface area (Å²) in [5.41, 5.74) is 4.91. The number of ether oxygens (including phenoxy) is 1. The van der Waals surface area contributed by atoms with Crippen molar-refractivity contribution < 1.29 is 22.7 Å². The third kappa shape index (κ3) is 4.14. The fourth-order valence-electron chi connectivity index (χ4n) is 4.10. The first-order chi connectivity index (χ1) is 14.7. The first kappa shape index (κ1) is 21.0. The lowest BCUT2D eigenvalue weighted by Crippen LogP contribution is -2.38. The molecule has 1 aliphatic heterocycles. The van der Waals surface area contributed by atoms with Gasteiger partial charge in [-0.3, -0.25) is 4.90 Å². The van der Waals surface area contributed by atoms with E-state index in [0.29, 0.717) is 49.4 Å². The van der Waals surface area contributed by atoms with Crippen molar-refractivity contribution in [3.63, 3.8) is 0 Å². The maximum Gasteiger partial charge on any atom is 0.417 e. The van der Waals surface area contributed by atoms with Gasteiger partial charge in [0.2, 0.25) is 0 Å². The summed E-state index contributed by atoms with van der Waals surface area (Å²) >= 11 is 0. The van der Waals surface area contributed by atoms with Crippen molar-refractivity contribution in [2.75, 3.05) is 6.54 Å². The van der Waals surface area contributed by atoms with Gasteiger partial charge in [-0.15, -0.1) is 0 Å².